The molecule has 0 aromatic heterocycles. The first-order valence-corrected chi connectivity index (χ1v) is 6.39. The molecule has 1 amide bonds. The van der Waals surface area contributed by atoms with Gasteiger partial charge >= 0.3 is 0 Å². The summed E-state index contributed by atoms with van der Waals surface area (Å²) < 4.78 is 0. The fraction of sp³-hybridized carbons (Fsp3) is 0.923. The van der Waals surface area contributed by atoms with Crippen LogP contribution in [0.5, 0.6) is 0 Å². The quantitative estimate of drug-likeness (QED) is 0.801. The minimum absolute atomic E-state index is 0.104. The Morgan fingerprint density at radius 1 is 1.44 bits per heavy atom. The normalized spacial score (nSPS) is 22.8. The summed E-state index contributed by atoms with van der Waals surface area (Å²) in [5.41, 5.74) is 6.24. The first-order valence-electron chi connectivity index (χ1n) is 6.39. The van der Waals surface area contributed by atoms with Crippen molar-refractivity contribution in [1.82, 2.24) is 4.90 Å². The average molecular weight is 226 g/mol. The Balaban J connectivity index is 2.50. The van der Waals surface area contributed by atoms with Crippen LogP contribution in [0.2, 0.25) is 0 Å². The van der Waals surface area contributed by atoms with E-state index in [0.717, 1.165) is 19.3 Å². The molecule has 1 fully saturated rings. The van der Waals surface area contributed by atoms with Crippen LogP contribution in [-0.2, 0) is 4.79 Å². The third-order valence-corrected chi connectivity index (χ3v) is 3.96. The molecule has 16 heavy (non-hydrogen) atoms. The topological polar surface area (TPSA) is 46.3 Å². The van der Waals surface area contributed by atoms with Gasteiger partial charge < -0.3 is 10.6 Å². The smallest absolute Gasteiger partial charge is 0.239 e. The van der Waals surface area contributed by atoms with Crippen LogP contribution in [0.1, 0.15) is 52.9 Å². The highest BCUT2D eigenvalue weighted by Crippen LogP contribution is 2.36. The molecule has 94 valence electrons. The summed E-state index contributed by atoms with van der Waals surface area (Å²) in [4.78, 5) is 13.8. The van der Waals surface area contributed by atoms with Crippen LogP contribution in [0.4, 0.5) is 0 Å². The SMILES string of the molecule is CC[C@H](N)C(=O)N(C)C1CCC(C)(C)CC1. The summed E-state index contributed by atoms with van der Waals surface area (Å²) in [5.74, 6) is 0.104. The molecule has 0 heterocycles. The molecule has 2 N–H and O–H groups in total. The number of nitrogens with zero attached hydrogens (tertiary/aromatic N) is 1. The number of carbonyl (C=O) groups is 1. The lowest BCUT2D eigenvalue weighted by Gasteiger charge is -2.39. The Labute approximate surface area is 99.4 Å². The molecule has 0 aliphatic heterocycles. The molecule has 0 radical (unpaired) electrons. The lowest BCUT2D eigenvalue weighted by Crippen LogP contribution is -2.47. The average Bonchev–Trinajstić information content (AvgIpc) is 2.26. The molecule has 3 heteroatoms. The van der Waals surface area contributed by atoms with Gasteiger partial charge in [0.05, 0.1) is 6.04 Å². The first-order chi connectivity index (χ1) is 7.37. The third kappa shape index (κ3) is 3.21. The largest absolute Gasteiger partial charge is 0.341 e. The van der Waals surface area contributed by atoms with Crippen LogP contribution >= 0.6 is 0 Å². The van der Waals surface area contributed by atoms with E-state index in [1.807, 2.05) is 18.9 Å². The monoisotopic (exact) mass is 226 g/mol. The highest BCUT2D eigenvalue weighted by Gasteiger charge is 2.31. The lowest BCUT2D eigenvalue weighted by atomic mass is 9.75. The number of likely N-dealkylation sites (N-methyl/N-ethyl adjacent to an activating group) is 1. The zero-order valence-corrected chi connectivity index (χ0v) is 11.1. The molecule has 0 unspecified atom stereocenters. The second-order valence-electron chi connectivity index (χ2n) is 5.86. The lowest BCUT2D eigenvalue weighted by molar-refractivity contribution is -0.134. The van der Waals surface area contributed by atoms with E-state index in [1.54, 1.807) is 0 Å². The Hall–Kier alpha value is -0.570. The van der Waals surface area contributed by atoms with E-state index in [-0.39, 0.29) is 11.9 Å². The molecule has 1 saturated carbocycles. The predicted molar refractivity (Wildman–Crippen MR) is 67.1 cm³/mol. The van der Waals surface area contributed by atoms with Gasteiger partial charge in [0.15, 0.2) is 0 Å². The second kappa shape index (κ2) is 5.17. The van der Waals surface area contributed by atoms with E-state index in [9.17, 15) is 4.79 Å². The van der Waals surface area contributed by atoms with E-state index in [4.69, 9.17) is 5.73 Å². The molecule has 1 aliphatic carbocycles. The number of carbonyl (C=O) groups excluding carboxylic acids is 1. The van der Waals surface area contributed by atoms with Gasteiger partial charge in [-0.05, 0) is 37.5 Å². The van der Waals surface area contributed by atoms with Crippen molar-refractivity contribution in [1.29, 1.82) is 0 Å². The summed E-state index contributed by atoms with van der Waals surface area (Å²) in [6, 6.07) is 0.0815. The molecule has 0 aromatic carbocycles. The second-order valence-corrected chi connectivity index (χ2v) is 5.86. The Morgan fingerprint density at radius 3 is 2.38 bits per heavy atom. The fourth-order valence-corrected chi connectivity index (χ4v) is 2.39. The van der Waals surface area contributed by atoms with E-state index in [1.165, 1.54) is 12.8 Å². The highest BCUT2D eigenvalue weighted by molar-refractivity contribution is 5.81. The molecule has 0 spiro atoms. The molecule has 1 aliphatic rings. The minimum atomic E-state index is -0.320. The summed E-state index contributed by atoms with van der Waals surface area (Å²) in [5, 5.41) is 0. The molecule has 3 nitrogen and oxygen atoms in total. The van der Waals surface area contributed by atoms with Gasteiger partial charge in [-0.25, -0.2) is 0 Å². The molecule has 0 bridgehead atoms. The molecule has 1 atom stereocenters. The fourth-order valence-electron chi connectivity index (χ4n) is 2.39. The number of nitrogens with two attached hydrogens (primary N) is 1. The standard InChI is InChI=1S/C13H26N2O/c1-5-11(14)12(16)15(4)10-6-8-13(2,3)9-7-10/h10-11H,5-9,14H2,1-4H3/t11-/m0/s1. The highest BCUT2D eigenvalue weighted by atomic mass is 16.2. The Bertz CT molecular complexity index is 240. The maximum absolute atomic E-state index is 11.9. The minimum Gasteiger partial charge on any atom is -0.341 e. The molecular weight excluding hydrogens is 200 g/mol. The summed E-state index contributed by atoms with van der Waals surface area (Å²) in [7, 11) is 1.90. The van der Waals surface area contributed by atoms with Crippen LogP contribution < -0.4 is 5.73 Å². The Morgan fingerprint density at radius 2 is 1.94 bits per heavy atom. The van der Waals surface area contributed by atoms with E-state index in [2.05, 4.69) is 13.8 Å². The summed E-state index contributed by atoms with van der Waals surface area (Å²) >= 11 is 0. The molecule has 0 saturated heterocycles. The van der Waals surface area contributed by atoms with Crippen molar-refractivity contribution in [2.75, 3.05) is 7.05 Å². The van der Waals surface area contributed by atoms with Crippen molar-refractivity contribution in [3.8, 4) is 0 Å². The van der Waals surface area contributed by atoms with Crippen molar-refractivity contribution >= 4 is 5.91 Å². The number of amides is 1. The van der Waals surface area contributed by atoms with Gasteiger partial charge in [0.2, 0.25) is 5.91 Å². The Kier molecular flexibility index (Phi) is 4.36. The van der Waals surface area contributed by atoms with Crippen LogP contribution in [0, 0.1) is 5.41 Å². The van der Waals surface area contributed by atoms with Gasteiger partial charge in [-0.3, -0.25) is 4.79 Å². The predicted octanol–water partition coefficient (Wildman–Crippen LogP) is 2.15. The third-order valence-electron chi connectivity index (χ3n) is 3.96. The van der Waals surface area contributed by atoms with Crippen LogP contribution in [-0.4, -0.2) is 29.9 Å². The van der Waals surface area contributed by atoms with Gasteiger partial charge in [-0.2, -0.15) is 0 Å². The molecular formula is C13H26N2O. The van der Waals surface area contributed by atoms with Gasteiger partial charge in [-0.15, -0.1) is 0 Å². The first kappa shape index (κ1) is 13.5. The van der Waals surface area contributed by atoms with Crippen molar-refractivity contribution in [2.45, 2.75) is 65.0 Å². The summed E-state index contributed by atoms with van der Waals surface area (Å²) in [6.07, 6.45) is 5.37. The number of hydrogen-bond acceptors (Lipinski definition) is 2. The molecule has 1 rings (SSSR count). The summed E-state index contributed by atoms with van der Waals surface area (Å²) in [6.45, 7) is 6.58. The van der Waals surface area contributed by atoms with E-state index >= 15 is 0 Å². The zero-order chi connectivity index (χ0) is 12.3. The van der Waals surface area contributed by atoms with Crippen molar-refractivity contribution in [2.24, 2.45) is 11.1 Å². The van der Waals surface area contributed by atoms with Gasteiger partial charge in [-0.1, -0.05) is 20.8 Å². The number of hydrogen-bond donors (Lipinski definition) is 1. The van der Waals surface area contributed by atoms with Gasteiger partial charge in [0, 0.05) is 13.1 Å². The maximum atomic E-state index is 11.9. The zero-order valence-electron chi connectivity index (χ0n) is 11.1. The van der Waals surface area contributed by atoms with Crippen LogP contribution in [0.25, 0.3) is 0 Å². The van der Waals surface area contributed by atoms with Gasteiger partial charge in [0.25, 0.3) is 0 Å². The van der Waals surface area contributed by atoms with E-state index in [0.29, 0.717) is 11.5 Å². The van der Waals surface area contributed by atoms with Crippen molar-refractivity contribution in [3.63, 3.8) is 0 Å². The molecule has 0 aromatic rings. The van der Waals surface area contributed by atoms with Crippen LogP contribution in [0.3, 0.4) is 0 Å². The van der Waals surface area contributed by atoms with Crippen molar-refractivity contribution in [3.05, 3.63) is 0 Å². The number of rotatable bonds is 3. The maximum Gasteiger partial charge on any atom is 0.239 e. The van der Waals surface area contributed by atoms with Crippen molar-refractivity contribution < 1.29 is 4.79 Å². The van der Waals surface area contributed by atoms with Gasteiger partial charge in [0.1, 0.15) is 0 Å². The van der Waals surface area contributed by atoms with Crippen LogP contribution in [0.15, 0.2) is 0 Å². The van der Waals surface area contributed by atoms with E-state index < -0.39 is 0 Å².